The van der Waals surface area contributed by atoms with E-state index < -0.39 is 5.91 Å². The number of thiazole rings is 1. The third kappa shape index (κ3) is 4.03. The van der Waals surface area contributed by atoms with Gasteiger partial charge in [-0.1, -0.05) is 36.4 Å². The van der Waals surface area contributed by atoms with Crippen molar-refractivity contribution in [3.63, 3.8) is 0 Å². The predicted octanol–water partition coefficient (Wildman–Crippen LogP) is 1.99. The second-order valence-corrected chi connectivity index (χ2v) is 6.66. The number of benzene rings is 2. The molecule has 1 heterocycles. The second-order valence-electron chi connectivity index (χ2n) is 5.63. The number of amides is 1. The topological polar surface area (TPSA) is 84.1 Å². The lowest BCUT2D eigenvalue weighted by atomic mass is 10.2. The average Bonchev–Trinajstić information content (AvgIpc) is 3.04. The molecule has 1 aromatic heterocycles. The Morgan fingerprint density at radius 1 is 1.18 bits per heavy atom. The lowest BCUT2D eigenvalue weighted by Crippen LogP contribution is -2.32. The van der Waals surface area contributed by atoms with Crippen LogP contribution in [-0.4, -0.2) is 17.1 Å². The van der Waals surface area contributed by atoms with Gasteiger partial charge in [0.2, 0.25) is 0 Å². The van der Waals surface area contributed by atoms with E-state index >= 15 is 0 Å². The highest BCUT2D eigenvalue weighted by Crippen LogP contribution is 2.08. The number of nitrogens with one attached hydrogen (secondary N) is 1. The maximum Gasteiger partial charge on any atom is 0.276 e. The first-order valence-corrected chi connectivity index (χ1v) is 9.37. The zero-order valence-electron chi connectivity index (χ0n) is 15.1. The number of nitriles is 1. The Labute approximate surface area is 165 Å². The minimum Gasteiger partial charge on any atom is -0.500 e. The molecular formula is C21H17N3O3S. The number of nitrogens with zero attached hydrogens (tertiary/aromatic N) is 2. The summed E-state index contributed by atoms with van der Waals surface area (Å²) >= 11 is 1.04. The van der Waals surface area contributed by atoms with Crippen molar-refractivity contribution in [2.45, 2.75) is 6.92 Å². The van der Waals surface area contributed by atoms with Crippen LogP contribution in [0.1, 0.15) is 6.92 Å². The van der Waals surface area contributed by atoms with Crippen LogP contribution in [0.2, 0.25) is 0 Å². The molecule has 0 fully saturated rings. The van der Waals surface area contributed by atoms with E-state index in [0.29, 0.717) is 22.5 Å². The largest absolute Gasteiger partial charge is 0.500 e. The van der Waals surface area contributed by atoms with E-state index in [1.165, 1.54) is 10.8 Å². The van der Waals surface area contributed by atoms with Crippen molar-refractivity contribution in [1.82, 2.24) is 4.57 Å². The van der Waals surface area contributed by atoms with Crippen molar-refractivity contribution < 1.29 is 9.53 Å². The van der Waals surface area contributed by atoms with Gasteiger partial charge in [-0.15, -0.1) is 11.3 Å². The zero-order chi connectivity index (χ0) is 19.9. The molecule has 1 N–H and O–H groups in total. The Kier molecular flexibility index (Phi) is 6.04. The highest BCUT2D eigenvalue weighted by Gasteiger charge is 2.17. The van der Waals surface area contributed by atoms with Gasteiger partial charge in [0, 0.05) is 5.69 Å². The van der Waals surface area contributed by atoms with Crippen molar-refractivity contribution in [3.05, 3.63) is 80.2 Å². The summed E-state index contributed by atoms with van der Waals surface area (Å²) in [5, 5.41) is 12.4. The second kappa shape index (κ2) is 8.84. The Hall–Kier alpha value is -3.63. The van der Waals surface area contributed by atoms with Gasteiger partial charge in [0.05, 0.1) is 12.3 Å². The quantitative estimate of drug-likeness (QED) is 0.721. The van der Waals surface area contributed by atoms with Crippen molar-refractivity contribution in [3.8, 4) is 11.8 Å². The van der Waals surface area contributed by atoms with Crippen molar-refractivity contribution in [2.75, 3.05) is 11.9 Å². The van der Waals surface area contributed by atoms with Crippen LogP contribution in [-0.2, 0) is 9.53 Å². The number of rotatable bonds is 5. The molecule has 2 aromatic carbocycles. The summed E-state index contributed by atoms with van der Waals surface area (Å²) in [5.41, 5.74) is 0.632. The Morgan fingerprint density at radius 2 is 1.82 bits per heavy atom. The SMILES string of the molecule is CCOC=c1sc(=C(C#N)C(=O)Nc2ccccc2)n(-c2ccccc2)c1=O. The standard InChI is InChI=1S/C21H17N3O3S/c1-2-27-14-18-20(26)24(16-11-7-4-8-12-16)21(28-18)17(13-22)19(25)23-15-9-5-3-6-10-15/h3-12,14H,2H2,1H3,(H,23,25). The van der Waals surface area contributed by atoms with Crippen LogP contribution in [0, 0.1) is 11.3 Å². The molecule has 140 valence electrons. The van der Waals surface area contributed by atoms with Crippen LogP contribution in [0.4, 0.5) is 5.69 Å². The number of anilines is 1. The number of para-hydroxylation sites is 2. The van der Waals surface area contributed by atoms with E-state index in [1.807, 2.05) is 18.2 Å². The van der Waals surface area contributed by atoms with Gasteiger partial charge in [-0.05, 0) is 31.2 Å². The van der Waals surface area contributed by atoms with Gasteiger partial charge in [0.15, 0.2) is 5.57 Å². The number of hydrogen-bond acceptors (Lipinski definition) is 5. The van der Waals surface area contributed by atoms with Crippen LogP contribution >= 0.6 is 11.3 Å². The molecule has 0 aliphatic carbocycles. The van der Waals surface area contributed by atoms with Crippen LogP contribution in [0.15, 0.2) is 65.5 Å². The van der Waals surface area contributed by atoms with Crippen molar-refractivity contribution in [2.24, 2.45) is 0 Å². The molecule has 7 heteroatoms. The molecule has 0 saturated heterocycles. The molecule has 1 amide bonds. The molecule has 0 spiro atoms. The number of carbonyl (C=O) groups is 1. The lowest BCUT2D eigenvalue weighted by Gasteiger charge is -2.05. The Balaban J connectivity index is 2.24. The average molecular weight is 391 g/mol. The summed E-state index contributed by atoms with van der Waals surface area (Å²) in [6.07, 6.45) is 1.36. The van der Waals surface area contributed by atoms with E-state index in [9.17, 15) is 14.9 Å². The van der Waals surface area contributed by atoms with E-state index in [4.69, 9.17) is 4.74 Å². The van der Waals surface area contributed by atoms with E-state index in [1.54, 1.807) is 55.5 Å². The fourth-order valence-electron chi connectivity index (χ4n) is 2.51. The summed E-state index contributed by atoms with van der Waals surface area (Å²) < 4.78 is 7.17. The molecular weight excluding hydrogens is 374 g/mol. The van der Waals surface area contributed by atoms with Gasteiger partial charge in [0.1, 0.15) is 21.5 Å². The van der Waals surface area contributed by atoms with Crippen molar-refractivity contribution in [1.29, 1.82) is 5.26 Å². The zero-order valence-corrected chi connectivity index (χ0v) is 15.9. The maximum absolute atomic E-state index is 12.9. The fraction of sp³-hybridized carbons (Fsp3) is 0.0952. The van der Waals surface area contributed by atoms with Gasteiger partial charge in [-0.25, -0.2) is 0 Å². The van der Waals surface area contributed by atoms with Crippen LogP contribution in [0.25, 0.3) is 17.5 Å². The minimum absolute atomic E-state index is 0.147. The molecule has 0 atom stereocenters. The first kappa shape index (κ1) is 19.1. The normalized spacial score (nSPS) is 12.2. The van der Waals surface area contributed by atoms with Crippen LogP contribution in [0.5, 0.6) is 0 Å². The number of ether oxygens (including phenoxy) is 1. The van der Waals surface area contributed by atoms with Gasteiger partial charge >= 0.3 is 0 Å². The lowest BCUT2D eigenvalue weighted by molar-refractivity contribution is -0.111. The summed E-state index contributed by atoms with van der Waals surface area (Å²) in [5.74, 6) is -0.581. The monoisotopic (exact) mass is 391 g/mol. The molecule has 6 nitrogen and oxygen atoms in total. The third-order valence-corrected chi connectivity index (χ3v) is 4.85. The highest BCUT2D eigenvalue weighted by molar-refractivity contribution is 7.07. The smallest absolute Gasteiger partial charge is 0.276 e. The van der Waals surface area contributed by atoms with Gasteiger partial charge in [0.25, 0.3) is 11.5 Å². The van der Waals surface area contributed by atoms with Crippen molar-refractivity contribution >= 4 is 34.8 Å². The van der Waals surface area contributed by atoms with E-state index in [2.05, 4.69) is 5.32 Å². The number of carbonyl (C=O) groups excluding carboxylic acids is 1. The van der Waals surface area contributed by atoms with E-state index in [-0.39, 0.29) is 15.8 Å². The summed E-state index contributed by atoms with van der Waals surface area (Å²) in [4.78, 5) is 25.6. The summed E-state index contributed by atoms with van der Waals surface area (Å²) in [6.45, 7) is 2.21. The molecule has 0 unspecified atom stereocenters. The molecule has 0 aliphatic heterocycles. The fourth-order valence-corrected chi connectivity index (χ4v) is 3.54. The molecule has 0 aliphatic rings. The third-order valence-electron chi connectivity index (χ3n) is 3.78. The molecule has 0 bridgehead atoms. The number of hydrogen-bond donors (Lipinski definition) is 1. The highest BCUT2D eigenvalue weighted by atomic mass is 32.1. The Morgan fingerprint density at radius 3 is 2.43 bits per heavy atom. The summed E-state index contributed by atoms with van der Waals surface area (Å²) in [7, 11) is 0. The minimum atomic E-state index is -0.581. The molecule has 3 rings (SSSR count). The predicted molar refractivity (Wildman–Crippen MR) is 109 cm³/mol. The van der Waals surface area contributed by atoms with Gasteiger partial charge in [-0.2, -0.15) is 5.26 Å². The molecule has 0 saturated carbocycles. The van der Waals surface area contributed by atoms with Crippen LogP contribution in [0.3, 0.4) is 0 Å². The number of aromatic nitrogens is 1. The first-order valence-electron chi connectivity index (χ1n) is 8.55. The first-order chi connectivity index (χ1) is 13.7. The maximum atomic E-state index is 12.9. The Bertz CT molecular complexity index is 1190. The molecule has 0 radical (unpaired) electrons. The van der Waals surface area contributed by atoms with Gasteiger partial charge < -0.3 is 10.1 Å². The van der Waals surface area contributed by atoms with E-state index in [0.717, 1.165) is 11.3 Å². The van der Waals surface area contributed by atoms with Gasteiger partial charge in [-0.3, -0.25) is 14.2 Å². The van der Waals surface area contributed by atoms with Crippen LogP contribution < -0.4 is 20.1 Å². The summed E-state index contributed by atoms with van der Waals surface area (Å²) in [6, 6.07) is 19.7. The molecule has 28 heavy (non-hydrogen) atoms. The molecule has 3 aromatic rings.